The molecule has 4 rings (SSSR count). The van der Waals surface area contributed by atoms with Crippen LogP contribution in [0.5, 0.6) is 0 Å². The number of morpholine rings is 1. The zero-order chi connectivity index (χ0) is 24.9. The second-order valence-electron chi connectivity index (χ2n) is 7.62. The van der Waals surface area contributed by atoms with Crippen LogP contribution < -0.4 is 11.1 Å². The normalized spacial score (nSPS) is 13.5. The van der Waals surface area contributed by atoms with E-state index in [0.29, 0.717) is 37.0 Å². The Morgan fingerprint density at radius 1 is 1.06 bits per heavy atom. The molecule has 0 radical (unpaired) electrons. The smallest absolute Gasteiger partial charge is 0.293 e. The van der Waals surface area contributed by atoms with E-state index in [1.807, 2.05) is 0 Å². The Hall–Kier alpha value is -3.31. The molecule has 2 amide bonds. The molecule has 35 heavy (non-hydrogen) atoms. The first kappa shape index (κ1) is 24.8. The number of carbonyl (C=O) groups excluding carboxylic acids is 3. The van der Waals surface area contributed by atoms with E-state index in [0.717, 1.165) is 0 Å². The van der Waals surface area contributed by atoms with Gasteiger partial charge in [-0.3, -0.25) is 14.4 Å². The number of ether oxygens (including phenoxy) is 1. The molecule has 0 spiro atoms. The first-order valence-electron chi connectivity index (χ1n) is 10.8. The maximum Gasteiger partial charge on any atom is 0.293 e. The highest BCUT2D eigenvalue weighted by Crippen LogP contribution is 2.26. The average Bonchev–Trinajstić information content (AvgIpc) is 3.31. The number of nitrogens with zero attached hydrogens (tertiary/aromatic N) is 4. The molecule has 1 aliphatic rings. The molecule has 1 aromatic heterocycles. The molecule has 0 aliphatic carbocycles. The largest absolute Gasteiger partial charge is 0.378 e. The van der Waals surface area contributed by atoms with Crippen LogP contribution in [0.25, 0.3) is 5.69 Å². The molecule has 10 nitrogen and oxygen atoms in total. The summed E-state index contributed by atoms with van der Waals surface area (Å²) in [5.41, 5.74) is 6.20. The third-order valence-electron chi connectivity index (χ3n) is 5.34. The number of amides is 2. The van der Waals surface area contributed by atoms with E-state index in [-0.39, 0.29) is 52.6 Å². The van der Waals surface area contributed by atoms with Gasteiger partial charge in [-0.2, -0.15) is 0 Å². The van der Waals surface area contributed by atoms with Crippen molar-refractivity contribution in [3.8, 4) is 5.69 Å². The second-order valence-corrected chi connectivity index (χ2v) is 8.46. The molecule has 0 saturated carbocycles. The standard InChI is InChI=1S/C23H22Cl2N6O4/c24-14-5-6-18(16(11-14)21(33)15-3-1-2-4-17(15)25)31-19(13-27-20(32)12-26)28-22(29-31)23(34)30-7-9-35-10-8-30/h1-6,11H,7-10,12-13,26H2,(H,27,32). The quantitative estimate of drug-likeness (QED) is 0.457. The number of ketones is 1. The summed E-state index contributed by atoms with van der Waals surface area (Å²) in [5, 5.41) is 7.64. The predicted octanol–water partition coefficient (Wildman–Crippen LogP) is 1.85. The van der Waals surface area contributed by atoms with Crippen molar-refractivity contribution >= 4 is 40.8 Å². The van der Waals surface area contributed by atoms with Crippen molar-refractivity contribution in [3.63, 3.8) is 0 Å². The van der Waals surface area contributed by atoms with Crippen molar-refractivity contribution in [1.82, 2.24) is 25.0 Å². The van der Waals surface area contributed by atoms with Crippen LogP contribution in [0.2, 0.25) is 10.0 Å². The van der Waals surface area contributed by atoms with E-state index < -0.39 is 5.91 Å². The molecule has 1 aliphatic heterocycles. The van der Waals surface area contributed by atoms with Crippen molar-refractivity contribution in [2.24, 2.45) is 5.73 Å². The predicted molar refractivity (Wildman–Crippen MR) is 129 cm³/mol. The van der Waals surface area contributed by atoms with Crippen LogP contribution in [-0.2, 0) is 16.1 Å². The minimum Gasteiger partial charge on any atom is -0.378 e. The maximum atomic E-state index is 13.4. The Bertz CT molecular complexity index is 1270. The molecule has 12 heteroatoms. The summed E-state index contributed by atoms with van der Waals surface area (Å²) in [5.74, 6) is -1.02. The van der Waals surface area contributed by atoms with E-state index in [1.54, 1.807) is 41.3 Å². The summed E-state index contributed by atoms with van der Waals surface area (Å²) in [4.78, 5) is 44.3. The molecule has 2 aromatic carbocycles. The first-order chi connectivity index (χ1) is 16.9. The first-order valence-corrected chi connectivity index (χ1v) is 11.5. The number of benzene rings is 2. The summed E-state index contributed by atoms with van der Waals surface area (Å²) in [6, 6.07) is 11.3. The van der Waals surface area contributed by atoms with E-state index in [2.05, 4.69) is 15.4 Å². The fraction of sp³-hybridized carbons (Fsp3) is 0.261. The molecule has 3 N–H and O–H groups in total. The third-order valence-corrected chi connectivity index (χ3v) is 5.91. The summed E-state index contributed by atoms with van der Waals surface area (Å²) >= 11 is 12.5. The van der Waals surface area contributed by atoms with Gasteiger partial charge >= 0.3 is 0 Å². The molecule has 1 fully saturated rings. The lowest BCUT2D eigenvalue weighted by molar-refractivity contribution is -0.119. The van der Waals surface area contributed by atoms with Gasteiger partial charge < -0.3 is 20.7 Å². The molecule has 0 bridgehead atoms. The second kappa shape index (κ2) is 11.0. The van der Waals surface area contributed by atoms with Crippen LogP contribution in [0.1, 0.15) is 32.4 Å². The Kier molecular flexibility index (Phi) is 7.76. The van der Waals surface area contributed by atoms with Crippen molar-refractivity contribution in [2.45, 2.75) is 6.54 Å². The van der Waals surface area contributed by atoms with E-state index in [9.17, 15) is 14.4 Å². The van der Waals surface area contributed by atoms with Gasteiger partial charge in [-0.15, -0.1) is 5.10 Å². The summed E-state index contributed by atoms with van der Waals surface area (Å²) < 4.78 is 6.66. The molecule has 0 unspecified atom stereocenters. The van der Waals surface area contributed by atoms with Gasteiger partial charge in [-0.25, -0.2) is 9.67 Å². The van der Waals surface area contributed by atoms with E-state index >= 15 is 0 Å². The Morgan fingerprint density at radius 2 is 1.80 bits per heavy atom. The minimum atomic E-state index is -0.413. The topological polar surface area (TPSA) is 132 Å². The van der Waals surface area contributed by atoms with Crippen LogP contribution in [0.4, 0.5) is 0 Å². The zero-order valence-corrected chi connectivity index (χ0v) is 20.1. The maximum absolute atomic E-state index is 13.4. The van der Waals surface area contributed by atoms with E-state index in [1.165, 1.54) is 10.7 Å². The van der Waals surface area contributed by atoms with Gasteiger partial charge in [0.2, 0.25) is 11.7 Å². The Balaban J connectivity index is 1.79. The number of carbonyl (C=O) groups is 3. The fourth-order valence-electron chi connectivity index (χ4n) is 3.57. The van der Waals surface area contributed by atoms with Gasteiger partial charge in [0, 0.05) is 29.2 Å². The highest BCUT2D eigenvalue weighted by atomic mass is 35.5. The molecule has 182 valence electrons. The van der Waals surface area contributed by atoms with Crippen LogP contribution >= 0.6 is 23.2 Å². The number of nitrogens with two attached hydrogens (primary N) is 1. The number of nitrogens with one attached hydrogen (secondary N) is 1. The Labute approximate surface area is 211 Å². The molecule has 0 atom stereocenters. The summed E-state index contributed by atoms with van der Waals surface area (Å²) in [6.45, 7) is 1.36. The number of rotatable bonds is 7. The lowest BCUT2D eigenvalue weighted by Gasteiger charge is -2.25. The van der Waals surface area contributed by atoms with Gasteiger partial charge in [0.15, 0.2) is 11.6 Å². The van der Waals surface area contributed by atoms with Gasteiger partial charge in [-0.1, -0.05) is 35.3 Å². The average molecular weight is 517 g/mol. The SMILES string of the molecule is NCC(=O)NCc1nc(C(=O)N2CCOCC2)nn1-c1ccc(Cl)cc1C(=O)c1ccccc1Cl. The zero-order valence-electron chi connectivity index (χ0n) is 18.5. The van der Waals surface area contributed by atoms with E-state index in [4.69, 9.17) is 33.7 Å². The van der Waals surface area contributed by atoms with Gasteiger partial charge in [-0.05, 0) is 30.3 Å². The molecule has 2 heterocycles. The number of aromatic nitrogens is 3. The lowest BCUT2D eigenvalue weighted by atomic mass is 10.0. The van der Waals surface area contributed by atoms with Gasteiger partial charge in [0.05, 0.1) is 37.0 Å². The van der Waals surface area contributed by atoms with Crippen molar-refractivity contribution in [3.05, 3.63) is 75.3 Å². The highest BCUT2D eigenvalue weighted by Gasteiger charge is 2.26. The third kappa shape index (κ3) is 5.51. The number of halogens is 2. The minimum absolute atomic E-state index is 0.0677. The molecular weight excluding hydrogens is 495 g/mol. The van der Waals surface area contributed by atoms with Crippen molar-refractivity contribution in [2.75, 3.05) is 32.8 Å². The van der Waals surface area contributed by atoms with Crippen molar-refractivity contribution in [1.29, 1.82) is 0 Å². The lowest BCUT2D eigenvalue weighted by Crippen LogP contribution is -2.41. The van der Waals surface area contributed by atoms with Gasteiger partial charge in [0.25, 0.3) is 5.91 Å². The number of hydrogen-bond acceptors (Lipinski definition) is 7. The monoisotopic (exact) mass is 516 g/mol. The fourth-order valence-corrected chi connectivity index (χ4v) is 3.96. The highest BCUT2D eigenvalue weighted by molar-refractivity contribution is 6.35. The summed E-state index contributed by atoms with van der Waals surface area (Å²) in [6.07, 6.45) is 0. The molecule has 3 aromatic rings. The van der Waals surface area contributed by atoms with Crippen LogP contribution in [-0.4, -0.2) is 70.1 Å². The molecule has 1 saturated heterocycles. The van der Waals surface area contributed by atoms with Crippen molar-refractivity contribution < 1.29 is 19.1 Å². The van der Waals surface area contributed by atoms with Crippen LogP contribution in [0, 0.1) is 0 Å². The number of hydrogen-bond donors (Lipinski definition) is 2. The molecular formula is C23H22Cl2N6O4. The summed E-state index contributed by atoms with van der Waals surface area (Å²) in [7, 11) is 0. The van der Waals surface area contributed by atoms with Crippen LogP contribution in [0.3, 0.4) is 0 Å². The van der Waals surface area contributed by atoms with Crippen LogP contribution in [0.15, 0.2) is 42.5 Å². The van der Waals surface area contributed by atoms with Gasteiger partial charge in [0.1, 0.15) is 0 Å². The Morgan fingerprint density at radius 3 is 2.51 bits per heavy atom.